The van der Waals surface area contributed by atoms with Gasteiger partial charge in [0.1, 0.15) is 0 Å². The summed E-state index contributed by atoms with van der Waals surface area (Å²) in [5.74, 6) is 0.235. The quantitative estimate of drug-likeness (QED) is 0.845. The molecule has 0 radical (unpaired) electrons. The van der Waals surface area contributed by atoms with Crippen LogP contribution in [0.2, 0.25) is 0 Å². The molecule has 3 rings (SSSR count). The molecule has 1 amide bonds. The lowest BCUT2D eigenvalue weighted by Crippen LogP contribution is -2.45. The Morgan fingerprint density at radius 1 is 1.38 bits per heavy atom. The van der Waals surface area contributed by atoms with Crippen LogP contribution in [0.25, 0.3) is 0 Å². The van der Waals surface area contributed by atoms with E-state index in [-0.39, 0.29) is 23.8 Å². The van der Waals surface area contributed by atoms with E-state index >= 15 is 0 Å². The van der Waals surface area contributed by atoms with Crippen molar-refractivity contribution in [3.05, 3.63) is 11.7 Å². The number of rotatable bonds is 5. The molecule has 8 heteroatoms. The minimum Gasteiger partial charge on any atom is -0.481 e. The number of carbonyl (C=O) groups is 2. The predicted octanol–water partition coefficient (Wildman–Crippen LogP) is 1.64. The Kier molecular flexibility index (Phi) is 5.05. The van der Waals surface area contributed by atoms with Gasteiger partial charge in [-0.3, -0.25) is 9.59 Å². The van der Waals surface area contributed by atoms with Crippen molar-refractivity contribution in [2.75, 3.05) is 26.3 Å². The molecule has 26 heavy (non-hydrogen) atoms. The first-order valence-corrected chi connectivity index (χ1v) is 9.14. The average molecular weight is 365 g/mol. The molecule has 2 aliphatic rings. The van der Waals surface area contributed by atoms with Crippen LogP contribution in [0.5, 0.6) is 0 Å². The fourth-order valence-electron chi connectivity index (χ4n) is 3.70. The average Bonchev–Trinajstić information content (AvgIpc) is 3.19. The highest BCUT2D eigenvalue weighted by atomic mass is 16.5. The summed E-state index contributed by atoms with van der Waals surface area (Å²) in [5, 5.41) is 13.6. The van der Waals surface area contributed by atoms with E-state index < -0.39 is 11.4 Å². The fourth-order valence-corrected chi connectivity index (χ4v) is 3.70. The standard InChI is InChI=1S/C18H27N3O5/c1-17(2,3)15-19-13(26-20-15)5-4-6-14(22)21-9-12-10-25-8-7-18(12,11-21)16(23)24/h12H,4-11H2,1-3H3,(H,23,24)/t12-,18+/m0/s1. The molecule has 2 aliphatic heterocycles. The summed E-state index contributed by atoms with van der Waals surface area (Å²) < 4.78 is 10.7. The van der Waals surface area contributed by atoms with E-state index in [4.69, 9.17) is 9.26 Å². The number of aromatic nitrogens is 2. The van der Waals surface area contributed by atoms with Gasteiger partial charge in [0.2, 0.25) is 11.8 Å². The Morgan fingerprint density at radius 2 is 2.15 bits per heavy atom. The molecule has 0 saturated carbocycles. The first kappa shape index (κ1) is 18.8. The number of carboxylic acids is 1. The molecular formula is C18H27N3O5. The Labute approximate surface area is 152 Å². The number of hydrogen-bond acceptors (Lipinski definition) is 6. The summed E-state index contributed by atoms with van der Waals surface area (Å²) in [6, 6.07) is 0. The molecule has 0 bridgehead atoms. The van der Waals surface area contributed by atoms with Crippen molar-refractivity contribution in [2.24, 2.45) is 11.3 Å². The zero-order chi connectivity index (χ0) is 18.9. The number of fused-ring (bicyclic) bond motifs is 1. The van der Waals surface area contributed by atoms with Crippen LogP contribution in [0.3, 0.4) is 0 Å². The normalized spacial score (nSPS) is 26.0. The lowest BCUT2D eigenvalue weighted by atomic mass is 9.74. The molecule has 144 valence electrons. The van der Waals surface area contributed by atoms with E-state index in [0.717, 1.165) is 0 Å². The predicted molar refractivity (Wildman–Crippen MR) is 91.5 cm³/mol. The van der Waals surface area contributed by atoms with Gasteiger partial charge in [0.15, 0.2) is 5.82 Å². The maximum absolute atomic E-state index is 12.5. The lowest BCUT2D eigenvalue weighted by Gasteiger charge is -2.33. The highest BCUT2D eigenvalue weighted by Crippen LogP contribution is 2.42. The Morgan fingerprint density at radius 3 is 2.77 bits per heavy atom. The molecule has 2 atom stereocenters. The Hall–Kier alpha value is -1.96. The number of amides is 1. The number of aryl methyl sites for hydroxylation is 1. The van der Waals surface area contributed by atoms with E-state index in [0.29, 0.717) is 57.2 Å². The van der Waals surface area contributed by atoms with E-state index in [1.807, 2.05) is 20.8 Å². The van der Waals surface area contributed by atoms with E-state index in [1.165, 1.54) is 0 Å². The molecule has 1 aromatic heterocycles. The number of carboxylic acid groups (broad SMARTS) is 1. The highest BCUT2D eigenvalue weighted by molar-refractivity contribution is 5.81. The van der Waals surface area contributed by atoms with Crippen molar-refractivity contribution < 1.29 is 24.0 Å². The first-order valence-electron chi connectivity index (χ1n) is 9.14. The number of aliphatic carboxylic acids is 1. The topological polar surface area (TPSA) is 106 Å². The van der Waals surface area contributed by atoms with Crippen molar-refractivity contribution in [3.8, 4) is 0 Å². The van der Waals surface area contributed by atoms with Gasteiger partial charge in [0.25, 0.3) is 0 Å². The molecule has 3 heterocycles. The van der Waals surface area contributed by atoms with Gasteiger partial charge in [0.05, 0.1) is 12.0 Å². The highest BCUT2D eigenvalue weighted by Gasteiger charge is 2.54. The maximum Gasteiger partial charge on any atom is 0.311 e. The largest absolute Gasteiger partial charge is 0.481 e. The maximum atomic E-state index is 12.5. The van der Waals surface area contributed by atoms with Crippen molar-refractivity contribution in [2.45, 2.75) is 51.9 Å². The van der Waals surface area contributed by atoms with Crippen LogP contribution in [0.4, 0.5) is 0 Å². The molecule has 0 aliphatic carbocycles. The van der Waals surface area contributed by atoms with Gasteiger partial charge in [0, 0.05) is 43.9 Å². The molecule has 1 aromatic rings. The van der Waals surface area contributed by atoms with E-state index in [1.54, 1.807) is 4.90 Å². The summed E-state index contributed by atoms with van der Waals surface area (Å²) in [6.07, 6.45) is 1.95. The van der Waals surface area contributed by atoms with Gasteiger partial charge in [-0.15, -0.1) is 0 Å². The lowest BCUT2D eigenvalue weighted by molar-refractivity contribution is -0.157. The van der Waals surface area contributed by atoms with E-state index in [9.17, 15) is 14.7 Å². The first-order chi connectivity index (χ1) is 12.2. The van der Waals surface area contributed by atoms with Crippen LogP contribution >= 0.6 is 0 Å². The van der Waals surface area contributed by atoms with Gasteiger partial charge in [-0.25, -0.2) is 0 Å². The van der Waals surface area contributed by atoms with E-state index in [2.05, 4.69) is 10.1 Å². The fraction of sp³-hybridized carbons (Fsp3) is 0.778. The Balaban J connectivity index is 1.53. The summed E-state index contributed by atoms with van der Waals surface area (Å²) in [5.41, 5.74) is -1.02. The van der Waals surface area contributed by atoms with Crippen LogP contribution < -0.4 is 0 Å². The summed E-state index contributed by atoms with van der Waals surface area (Å²) in [6.45, 7) is 7.63. The molecule has 0 aromatic carbocycles. The Bertz CT molecular complexity index is 681. The van der Waals surface area contributed by atoms with Gasteiger partial charge in [-0.2, -0.15) is 4.98 Å². The molecule has 0 unspecified atom stereocenters. The minimum atomic E-state index is -0.845. The number of ether oxygens (including phenoxy) is 1. The SMILES string of the molecule is CC(C)(C)c1noc(CCCC(=O)N2C[C@H]3COCC[C@@]3(C(=O)O)C2)n1. The third kappa shape index (κ3) is 3.60. The van der Waals surface area contributed by atoms with Crippen molar-refractivity contribution in [3.63, 3.8) is 0 Å². The molecule has 2 fully saturated rings. The number of carbonyl (C=O) groups excluding carboxylic acids is 1. The number of hydrogen-bond donors (Lipinski definition) is 1. The van der Waals surface area contributed by atoms with Gasteiger partial charge in [-0.05, 0) is 12.8 Å². The molecule has 1 N–H and O–H groups in total. The van der Waals surface area contributed by atoms with Crippen molar-refractivity contribution in [1.29, 1.82) is 0 Å². The molecule has 0 spiro atoms. The number of nitrogens with zero attached hydrogens (tertiary/aromatic N) is 3. The second kappa shape index (κ2) is 6.98. The van der Waals surface area contributed by atoms with Crippen LogP contribution in [0.1, 0.15) is 51.7 Å². The summed E-state index contributed by atoms with van der Waals surface area (Å²) in [7, 11) is 0. The van der Waals surface area contributed by atoms with Crippen molar-refractivity contribution in [1.82, 2.24) is 15.0 Å². The van der Waals surface area contributed by atoms with Gasteiger partial charge < -0.3 is 19.3 Å². The third-order valence-corrected chi connectivity index (χ3v) is 5.41. The molecular weight excluding hydrogens is 338 g/mol. The smallest absolute Gasteiger partial charge is 0.311 e. The summed E-state index contributed by atoms with van der Waals surface area (Å²) in [4.78, 5) is 30.4. The molecule has 2 saturated heterocycles. The van der Waals surface area contributed by atoms with Crippen LogP contribution in [0.15, 0.2) is 4.52 Å². The van der Waals surface area contributed by atoms with Crippen LogP contribution in [-0.2, 0) is 26.2 Å². The van der Waals surface area contributed by atoms with Crippen molar-refractivity contribution >= 4 is 11.9 Å². The second-order valence-corrected chi connectivity index (χ2v) is 8.37. The van der Waals surface area contributed by atoms with Gasteiger partial charge >= 0.3 is 5.97 Å². The van der Waals surface area contributed by atoms with Gasteiger partial charge in [-0.1, -0.05) is 25.9 Å². The monoisotopic (exact) mass is 365 g/mol. The zero-order valence-corrected chi connectivity index (χ0v) is 15.7. The minimum absolute atomic E-state index is 0.0180. The molecule has 8 nitrogen and oxygen atoms in total. The summed E-state index contributed by atoms with van der Waals surface area (Å²) >= 11 is 0. The zero-order valence-electron chi connectivity index (χ0n) is 15.7. The van der Waals surface area contributed by atoms with Crippen LogP contribution in [-0.4, -0.2) is 58.3 Å². The third-order valence-electron chi connectivity index (χ3n) is 5.41. The van der Waals surface area contributed by atoms with Crippen LogP contribution in [0, 0.1) is 11.3 Å². The number of likely N-dealkylation sites (tertiary alicyclic amines) is 1. The second-order valence-electron chi connectivity index (χ2n) is 8.37.